The van der Waals surface area contributed by atoms with Crippen molar-refractivity contribution >= 4 is 11.7 Å². The van der Waals surface area contributed by atoms with Gasteiger partial charge in [-0.15, -0.1) is 0 Å². The summed E-state index contributed by atoms with van der Waals surface area (Å²) in [5, 5.41) is 7.07. The molecule has 0 aliphatic carbocycles. The van der Waals surface area contributed by atoms with Crippen molar-refractivity contribution in [1.29, 1.82) is 0 Å². The first-order valence-electron chi connectivity index (χ1n) is 7.39. The molecule has 23 heavy (non-hydrogen) atoms. The first-order chi connectivity index (χ1) is 11.0. The molecule has 1 aliphatic heterocycles. The second-order valence-corrected chi connectivity index (χ2v) is 5.70. The van der Waals surface area contributed by atoms with Gasteiger partial charge in [-0.3, -0.25) is 14.4 Å². The van der Waals surface area contributed by atoms with E-state index in [1.807, 2.05) is 43.1 Å². The van der Waals surface area contributed by atoms with Crippen molar-refractivity contribution in [3.05, 3.63) is 35.5 Å². The quantitative estimate of drug-likeness (QED) is 0.906. The van der Waals surface area contributed by atoms with E-state index in [0.29, 0.717) is 18.9 Å². The number of anilines is 1. The van der Waals surface area contributed by atoms with E-state index in [9.17, 15) is 4.79 Å². The van der Waals surface area contributed by atoms with Crippen LogP contribution in [0.2, 0.25) is 0 Å². The SMILES string of the molecule is Cc1cc(NC(=O)CN(C)Cc2ccc3c(c2)OCO3)n(C)n1. The van der Waals surface area contributed by atoms with Gasteiger partial charge in [0.05, 0.1) is 12.2 Å². The number of hydrogen-bond donors (Lipinski definition) is 1. The van der Waals surface area contributed by atoms with Crippen LogP contribution in [0.15, 0.2) is 24.3 Å². The third-order valence-corrected chi connectivity index (χ3v) is 3.57. The molecule has 1 aromatic carbocycles. The number of likely N-dealkylation sites (N-methyl/N-ethyl adjacent to an activating group) is 1. The van der Waals surface area contributed by atoms with Gasteiger partial charge in [-0.2, -0.15) is 5.10 Å². The Bertz CT molecular complexity index is 726. The zero-order valence-electron chi connectivity index (χ0n) is 13.5. The number of fused-ring (bicyclic) bond motifs is 1. The van der Waals surface area contributed by atoms with Crippen LogP contribution in [-0.2, 0) is 18.4 Å². The van der Waals surface area contributed by atoms with Crippen LogP contribution in [-0.4, -0.2) is 41.0 Å². The number of hydrogen-bond acceptors (Lipinski definition) is 5. The fraction of sp³-hybridized carbons (Fsp3) is 0.375. The Balaban J connectivity index is 1.55. The van der Waals surface area contributed by atoms with Crippen LogP contribution in [0, 0.1) is 6.92 Å². The van der Waals surface area contributed by atoms with Crippen LogP contribution in [0.1, 0.15) is 11.3 Å². The summed E-state index contributed by atoms with van der Waals surface area (Å²) in [4.78, 5) is 14.1. The van der Waals surface area contributed by atoms with Crippen molar-refractivity contribution in [2.75, 3.05) is 25.7 Å². The van der Waals surface area contributed by atoms with Crippen molar-refractivity contribution < 1.29 is 14.3 Å². The van der Waals surface area contributed by atoms with Gasteiger partial charge >= 0.3 is 0 Å². The number of aromatic nitrogens is 2. The van der Waals surface area contributed by atoms with E-state index < -0.39 is 0 Å². The molecule has 122 valence electrons. The summed E-state index contributed by atoms with van der Waals surface area (Å²) in [5.41, 5.74) is 1.94. The third kappa shape index (κ3) is 3.62. The van der Waals surface area contributed by atoms with Gasteiger partial charge in [0.25, 0.3) is 0 Å². The lowest BCUT2D eigenvalue weighted by atomic mass is 10.2. The molecule has 7 heteroatoms. The van der Waals surface area contributed by atoms with E-state index in [-0.39, 0.29) is 12.7 Å². The second-order valence-electron chi connectivity index (χ2n) is 5.70. The Morgan fingerprint density at radius 2 is 2.13 bits per heavy atom. The minimum atomic E-state index is -0.0729. The molecule has 7 nitrogen and oxygen atoms in total. The molecule has 3 rings (SSSR count). The molecule has 2 heterocycles. The van der Waals surface area contributed by atoms with Crippen LogP contribution in [0.25, 0.3) is 0 Å². The van der Waals surface area contributed by atoms with Crippen LogP contribution in [0.3, 0.4) is 0 Å². The normalized spacial score (nSPS) is 12.7. The van der Waals surface area contributed by atoms with E-state index in [0.717, 1.165) is 22.8 Å². The standard InChI is InChI=1S/C16H20N4O3/c1-11-6-15(20(3)18-11)17-16(21)9-19(2)8-12-4-5-13-14(7-12)23-10-22-13/h4-7H,8-10H2,1-3H3,(H,17,21). The highest BCUT2D eigenvalue weighted by molar-refractivity contribution is 5.91. The highest BCUT2D eigenvalue weighted by Gasteiger charge is 2.15. The van der Waals surface area contributed by atoms with Gasteiger partial charge in [0.2, 0.25) is 12.7 Å². The van der Waals surface area contributed by atoms with E-state index in [2.05, 4.69) is 10.4 Å². The Hall–Kier alpha value is -2.54. The maximum absolute atomic E-state index is 12.1. The van der Waals surface area contributed by atoms with E-state index in [1.54, 1.807) is 11.7 Å². The molecular weight excluding hydrogens is 296 g/mol. The Labute approximate surface area is 134 Å². The number of rotatable bonds is 5. The number of amides is 1. The average molecular weight is 316 g/mol. The number of nitrogens with one attached hydrogen (secondary N) is 1. The fourth-order valence-corrected chi connectivity index (χ4v) is 2.56. The summed E-state index contributed by atoms with van der Waals surface area (Å²) in [6, 6.07) is 7.66. The lowest BCUT2D eigenvalue weighted by Crippen LogP contribution is -2.30. The molecule has 1 amide bonds. The Morgan fingerprint density at radius 1 is 1.35 bits per heavy atom. The summed E-state index contributed by atoms with van der Waals surface area (Å²) in [6.45, 7) is 3.09. The molecule has 0 saturated heterocycles. The molecule has 0 spiro atoms. The van der Waals surface area contributed by atoms with Crippen molar-refractivity contribution in [3.8, 4) is 11.5 Å². The highest BCUT2D eigenvalue weighted by Crippen LogP contribution is 2.32. The first-order valence-corrected chi connectivity index (χ1v) is 7.39. The lowest BCUT2D eigenvalue weighted by Gasteiger charge is -2.16. The molecule has 1 aliphatic rings. The van der Waals surface area contributed by atoms with Crippen LogP contribution >= 0.6 is 0 Å². The fourth-order valence-electron chi connectivity index (χ4n) is 2.56. The van der Waals surface area contributed by atoms with Crippen LogP contribution in [0.4, 0.5) is 5.82 Å². The summed E-state index contributed by atoms with van der Waals surface area (Å²) in [7, 11) is 3.71. The summed E-state index contributed by atoms with van der Waals surface area (Å²) in [5.74, 6) is 2.15. The van der Waals surface area contributed by atoms with Crippen molar-refractivity contribution in [2.45, 2.75) is 13.5 Å². The van der Waals surface area contributed by atoms with Gasteiger partial charge in [0, 0.05) is 19.7 Å². The summed E-state index contributed by atoms with van der Waals surface area (Å²) < 4.78 is 12.3. The van der Waals surface area contributed by atoms with E-state index in [1.165, 1.54) is 0 Å². The molecular formula is C16H20N4O3. The topological polar surface area (TPSA) is 68.6 Å². The van der Waals surface area contributed by atoms with Gasteiger partial charge in [-0.25, -0.2) is 0 Å². The summed E-state index contributed by atoms with van der Waals surface area (Å²) in [6.07, 6.45) is 0. The van der Waals surface area contributed by atoms with Gasteiger partial charge < -0.3 is 14.8 Å². The maximum Gasteiger partial charge on any atom is 0.239 e. The predicted octanol–water partition coefficient (Wildman–Crippen LogP) is 1.53. The highest BCUT2D eigenvalue weighted by atomic mass is 16.7. The molecule has 0 saturated carbocycles. The largest absolute Gasteiger partial charge is 0.454 e. The number of benzene rings is 1. The maximum atomic E-state index is 12.1. The van der Waals surface area contributed by atoms with Gasteiger partial charge in [0.1, 0.15) is 5.82 Å². The minimum Gasteiger partial charge on any atom is -0.454 e. The number of aryl methyl sites for hydroxylation is 2. The van der Waals surface area contributed by atoms with Crippen molar-refractivity contribution in [2.24, 2.45) is 7.05 Å². The lowest BCUT2D eigenvalue weighted by molar-refractivity contribution is -0.117. The molecule has 0 atom stereocenters. The Morgan fingerprint density at radius 3 is 2.87 bits per heavy atom. The van der Waals surface area contributed by atoms with Gasteiger partial charge in [0.15, 0.2) is 11.5 Å². The van der Waals surface area contributed by atoms with Crippen LogP contribution < -0.4 is 14.8 Å². The molecule has 0 fully saturated rings. The predicted molar refractivity (Wildman–Crippen MR) is 85.5 cm³/mol. The first kappa shape index (κ1) is 15.4. The molecule has 0 radical (unpaired) electrons. The third-order valence-electron chi connectivity index (χ3n) is 3.57. The van der Waals surface area contributed by atoms with E-state index in [4.69, 9.17) is 9.47 Å². The monoisotopic (exact) mass is 316 g/mol. The number of ether oxygens (including phenoxy) is 2. The molecule has 0 bridgehead atoms. The number of nitrogens with zero attached hydrogens (tertiary/aromatic N) is 3. The van der Waals surface area contributed by atoms with Crippen molar-refractivity contribution in [1.82, 2.24) is 14.7 Å². The van der Waals surface area contributed by atoms with Gasteiger partial charge in [-0.1, -0.05) is 6.07 Å². The van der Waals surface area contributed by atoms with Gasteiger partial charge in [-0.05, 0) is 31.7 Å². The molecule has 1 aromatic heterocycles. The van der Waals surface area contributed by atoms with Crippen LogP contribution in [0.5, 0.6) is 11.5 Å². The molecule has 2 aromatic rings. The second kappa shape index (κ2) is 6.29. The number of carbonyl (C=O) groups is 1. The minimum absolute atomic E-state index is 0.0729. The number of carbonyl (C=O) groups excluding carboxylic acids is 1. The smallest absolute Gasteiger partial charge is 0.239 e. The average Bonchev–Trinajstić information content (AvgIpc) is 3.04. The molecule has 0 unspecified atom stereocenters. The zero-order valence-corrected chi connectivity index (χ0v) is 13.5. The van der Waals surface area contributed by atoms with Crippen molar-refractivity contribution in [3.63, 3.8) is 0 Å². The van der Waals surface area contributed by atoms with E-state index >= 15 is 0 Å². The summed E-state index contributed by atoms with van der Waals surface area (Å²) >= 11 is 0. The molecule has 1 N–H and O–H groups in total. The Kier molecular flexibility index (Phi) is 4.20. The zero-order chi connectivity index (χ0) is 16.4.